The molecule has 0 heterocycles. The summed E-state index contributed by atoms with van der Waals surface area (Å²) in [7, 11) is 0. The van der Waals surface area contributed by atoms with E-state index in [-0.39, 0.29) is 5.91 Å². The Labute approximate surface area is 120 Å². The van der Waals surface area contributed by atoms with Crippen molar-refractivity contribution in [3.63, 3.8) is 0 Å². The normalized spacial score (nSPS) is 16.3. The van der Waals surface area contributed by atoms with Crippen LogP contribution in [-0.4, -0.2) is 29.8 Å². The Kier molecular flexibility index (Phi) is 5.01. The van der Waals surface area contributed by atoms with Gasteiger partial charge in [-0.25, -0.2) is 0 Å². The second-order valence-corrected chi connectivity index (χ2v) is 5.43. The van der Waals surface area contributed by atoms with E-state index in [0.29, 0.717) is 26.0 Å². The van der Waals surface area contributed by atoms with E-state index in [9.17, 15) is 9.90 Å². The predicted octanol–water partition coefficient (Wildman–Crippen LogP) is 2.05. The van der Waals surface area contributed by atoms with Crippen LogP contribution in [0, 0.1) is 0 Å². The Morgan fingerprint density at radius 2 is 2.05 bits per heavy atom. The SMILES string of the molecule is CCOc1ccc(CCC(=O)NCC2(O)CCC2)cc1. The minimum atomic E-state index is -0.644. The number of amides is 1. The topological polar surface area (TPSA) is 58.6 Å². The molecule has 20 heavy (non-hydrogen) atoms. The molecule has 1 amide bonds. The Balaban J connectivity index is 1.69. The van der Waals surface area contributed by atoms with Crippen LogP contribution in [0.25, 0.3) is 0 Å². The van der Waals surface area contributed by atoms with E-state index in [1.54, 1.807) is 0 Å². The monoisotopic (exact) mass is 277 g/mol. The van der Waals surface area contributed by atoms with Gasteiger partial charge in [-0.05, 0) is 50.3 Å². The highest BCUT2D eigenvalue weighted by molar-refractivity contribution is 5.76. The number of carbonyl (C=O) groups excluding carboxylic acids is 1. The molecule has 0 spiro atoms. The van der Waals surface area contributed by atoms with Gasteiger partial charge in [-0.3, -0.25) is 4.79 Å². The molecule has 0 bridgehead atoms. The summed E-state index contributed by atoms with van der Waals surface area (Å²) in [5.41, 5.74) is 0.473. The number of nitrogens with one attached hydrogen (secondary N) is 1. The first-order valence-corrected chi connectivity index (χ1v) is 7.32. The molecule has 2 N–H and O–H groups in total. The van der Waals surface area contributed by atoms with Gasteiger partial charge in [0.2, 0.25) is 5.91 Å². The lowest BCUT2D eigenvalue weighted by molar-refractivity contribution is -0.123. The minimum absolute atomic E-state index is 0.000732. The molecule has 0 unspecified atom stereocenters. The lowest BCUT2D eigenvalue weighted by atomic mass is 9.80. The lowest BCUT2D eigenvalue weighted by Crippen LogP contribution is -2.47. The van der Waals surface area contributed by atoms with Gasteiger partial charge in [-0.1, -0.05) is 12.1 Å². The van der Waals surface area contributed by atoms with Gasteiger partial charge < -0.3 is 15.2 Å². The molecule has 1 saturated carbocycles. The number of carbonyl (C=O) groups is 1. The Bertz CT molecular complexity index is 438. The van der Waals surface area contributed by atoms with Crippen LogP contribution in [0.5, 0.6) is 5.75 Å². The van der Waals surface area contributed by atoms with Crippen LogP contribution < -0.4 is 10.1 Å². The molecule has 4 nitrogen and oxygen atoms in total. The number of benzene rings is 1. The molecule has 1 aliphatic carbocycles. The summed E-state index contributed by atoms with van der Waals surface area (Å²) in [5.74, 6) is 0.854. The highest BCUT2D eigenvalue weighted by Gasteiger charge is 2.34. The fraction of sp³-hybridized carbons (Fsp3) is 0.562. The predicted molar refractivity (Wildman–Crippen MR) is 77.7 cm³/mol. The largest absolute Gasteiger partial charge is 0.494 e. The van der Waals surface area contributed by atoms with Gasteiger partial charge in [0, 0.05) is 13.0 Å². The molecule has 0 aromatic heterocycles. The van der Waals surface area contributed by atoms with Crippen molar-refractivity contribution in [3.8, 4) is 5.75 Å². The van der Waals surface area contributed by atoms with Gasteiger partial charge in [-0.15, -0.1) is 0 Å². The van der Waals surface area contributed by atoms with Gasteiger partial charge in [0.1, 0.15) is 5.75 Å². The van der Waals surface area contributed by atoms with Crippen LogP contribution >= 0.6 is 0 Å². The Hall–Kier alpha value is -1.55. The number of aliphatic hydroxyl groups is 1. The summed E-state index contributed by atoms with van der Waals surface area (Å²) in [5, 5.41) is 12.7. The third kappa shape index (κ3) is 4.23. The Morgan fingerprint density at radius 1 is 1.35 bits per heavy atom. The highest BCUT2D eigenvalue weighted by atomic mass is 16.5. The minimum Gasteiger partial charge on any atom is -0.494 e. The van der Waals surface area contributed by atoms with Gasteiger partial charge in [0.05, 0.1) is 12.2 Å². The number of rotatable bonds is 7. The van der Waals surface area contributed by atoms with Gasteiger partial charge >= 0.3 is 0 Å². The smallest absolute Gasteiger partial charge is 0.220 e. The first-order chi connectivity index (χ1) is 9.61. The lowest BCUT2D eigenvalue weighted by Gasteiger charge is -2.36. The molecule has 1 aromatic rings. The van der Waals surface area contributed by atoms with Crippen molar-refractivity contribution < 1.29 is 14.6 Å². The molecule has 0 saturated heterocycles. The quantitative estimate of drug-likeness (QED) is 0.802. The van der Waals surface area contributed by atoms with E-state index >= 15 is 0 Å². The van der Waals surface area contributed by atoms with E-state index in [4.69, 9.17) is 4.74 Å². The molecule has 0 radical (unpaired) electrons. The van der Waals surface area contributed by atoms with Crippen LogP contribution in [0.15, 0.2) is 24.3 Å². The van der Waals surface area contributed by atoms with Gasteiger partial charge in [0.15, 0.2) is 0 Å². The van der Waals surface area contributed by atoms with Crippen molar-refractivity contribution >= 4 is 5.91 Å². The molecule has 0 aliphatic heterocycles. The number of aryl methyl sites for hydroxylation is 1. The van der Waals surface area contributed by atoms with Crippen molar-refractivity contribution in [2.24, 2.45) is 0 Å². The van der Waals surface area contributed by atoms with Crippen LogP contribution in [0.1, 0.15) is 38.2 Å². The molecule has 1 aromatic carbocycles. The summed E-state index contributed by atoms with van der Waals surface area (Å²) in [6.07, 6.45) is 3.80. The average molecular weight is 277 g/mol. The summed E-state index contributed by atoms with van der Waals surface area (Å²) in [6.45, 7) is 2.99. The molecular weight excluding hydrogens is 254 g/mol. The maximum absolute atomic E-state index is 11.7. The fourth-order valence-corrected chi connectivity index (χ4v) is 2.29. The number of hydrogen-bond donors (Lipinski definition) is 2. The summed E-state index contributed by atoms with van der Waals surface area (Å²) >= 11 is 0. The van der Waals surface area contributed by atoms with E-state index in [2.05, 4.69) is 5.32 Å². The van der Waals surface area contributed by atoms with Crippen molar-refractivity contribution in [2.45, 2.75) is 44.6 Å². The third-order valence-corrected chi connectivity index (χ3v) is 3.77. The highest BCUT2D eigenvalue weighted by Crippen LogP contribution is 2.30. The number of hydrogen-bond acceptors (Lipinski definition) is 3. The molecule has 2 rings (SSSR count). The molecule has 1 fully saturated rings. The maximum atomic E-state index is 11.7. The van der Waals surface area contributed by atoms with Crippen molar-refractivity contribution in [1.82, 2.24) is 5.32 Å². The second kappa shape index (κ2) is 6.75. The fourth-order valence-electron chi connectivity index (χ4n) is 2.29. The first-order valence-electron chi connectivity index (χ1n) is 7.32. The van der Waals surface area contributed by atoms with Crippen molar-refractivity contribution in [3.05, 3.63) is 29.8 Å². The van der Waals surface area contributed by atoms with Gasteiger partial charge in [-0.2, -0.15) is 0 Å². The molecule has 1 aliphatic rings. The van der Waals surface area contributed by atoms with Crippen LogP contribution in [0.3, 0.4) is 0 Å². The zero-order valence-electron chi connectivity index (χ0n) is 12.0. The molecule has 0 atom stereocenters. The molecule has 4 heteroatoms. The summed E-state index contributed by atoms with van der Waals surface area (Å²) in [4.78, 5) is 11.7. The third-order valence-electron chi connectivity index (χ3n) is 3.77. The van der Waals surface area contributed by atoms with Crippen LogP contribution in [0.2, 0.25) is 0 Å². The zero-order valence-corrected chi connectivity index (χ0v) is 12.0. The van der Waals surface area contributed by atoms with E-state index in [1.807, 2.05) is 31.2 Å². The number of ether oxygens (including phenoxy) is 1. The molecular formula is C16H23NO3. The van der Waals surface area contributed by atoms with Gasteiger partial charge in [0.25, 0.3) is 0 Å². The standard InChI is InChI=1S/C16H23NO3/c1-2-20-14-7-4-13(5-8-14)6-9-15(18)17-12-16(19)10-3-11-16/h4-5,7-8,19H,2-3,6,9-12H2,1H3,(H,17,18). The average Bonchev–Trinajstić information content (AvgIpc) is 2.42. The summed E-state index contributed by atoms with van der Waals surface area (Å²) in [6, 6.07) is 7.82. The first kappa shape index (κ1) is 14.9. The van der Waals surface area contributed by atoms with Crippen LogP contribution in [0.4, 0.5) is 0 Å². The molecule has 110 valence electrons. The van der Waals surface area contributed by atoms with E-state index in [1.165, 1.54) is 0 Å². The Morgan fingerprint density at radius 3 is 2.60 bits per heavy atom. The van der Waals surface area contributed by atoms with Crippen molar-refractivity contribution in [2.75, 3.05) is 13.2 Å². The second-order valence-electron chi connectivity index (χ2n) is 5.43. The van der Waals surface area contributed by atoms with E-state index in [0.717, 1.165) is 30.6 Å². The van der Waals surface area contributed by atoms with Crippen LogP contribution in [-0.2, 0) is 11.2 Å². The van der Waals surface area contributed by atoms with Crippen molar-refractivity contribution in [1.29, 1.82) is 0 Å². The summed E-state index contributed by atoms with van der Waals surface area (Å²) < 4.78 is 5.37. The van der Waals surface area contributed by atoms with E-state index < -0.39 is 5.60 Å². The zero-order chi connectivity index (χ0) is 14.4. The maximum Gasteiger partial charge on any atom is 0.220 e.